The van der Waals surface area contributed by atoms with Gasteiger partial charge in [-0.25, -0.2) is 4.98 Å². The van der Waals surface area contributed by atoms with Crippen molar-refractivity contribution in [2.75, 3.05) is 5.32 Å². The van der Waals surface area contributed by atoms with Crippen LogP contribution in [0, 0.1) is 0 Å². The molecule has 0 unspecified atom stereocenters. The van der Waals surface area contributed by atoms with E-state index < -0.39 is 0 Å². The number of phenols is 1. The predicted molar refractivity (Wildman–Crippen MR) is 75.1 cm³/mol. The summed E-state index contributed by atoms with van der Waals surface area (Å²) in [5.74, 6) is 1.07. The van der Waals surface area contributed by atoms with Crippen molar-refractivity contribution in [2.24, 2.45) is 0 Å². The molecule has 0 aliphatic heterocycles. The van der Waals surface area contributed by atoms with E-state index in [1.165, 1.54) is 0 Å². The highest BCUT2D eigenvalue weighted by atomic mass is 79.9. The molecule has 2 aromatic rings. The first-order valence-electron chi connectivity index (χ1n) is 4.98. The fourth-order valence-corrected chi connectivity index (χ4v) is 2.47. The smallest absolute Gasteiger partial charge is 0.140 e. The molecule has 88 valence electrons. The summed E-state index contributed by atoms with van der Waals surface area (Å²) in [5.41, 5.74) is 1.08. The first-order chi connectivity index (χ1) is 8.15. The number of nitrogens with one attached hydrogen (secondary N) is 1. The Balaban J connectivity index is 2.04. The van der Waals surface area contributed by atoms with Gasteiger partial charge in [0, 0.05) is 17.2 Å². The number of hydrogen-bond acceptors (Lipinski definition) is 3. The van der Waals surface area contributed by atoms with Gasteiger partial charge in [0.25, 0.3) is 0 Å². The van der Waals surface area contributed by atoms with E-state index in [1.54, 1.807) is 18.3 Å². The first kappa shape index (κ1) is 12.4. The number of benzene rings is 1. The minimum Gasteiger partial charge on any atom is -0.508 e. The van der Waals surface area contributed by atoms with Crippen molar-refractivity contribution < 1.29 is 5.11 Å². The molecule has 1 aromatic carbocycles. The number of aromatic nitrogens is 1. The molecule has 0 fully saturated rings. The Hall–Kier alpha value is -1.07. The predicted octanol–water partition coefficient (Wildman–Crippen LogP) is 3.92. The Morgan fingerprint density at radius 1 is 1.18 bits per heavy atom. The van der Waals surface area contributed by atoms with Crippen LogP contribution >= 0.6 is 31.9 Å². The molecule has 0 atom stereocenters. The highest BCUT2D eigenvalue weighted by Gasteiger charge is 2.01. The average Bonchev–Trinajstić information content (AvgIpc) is 2.30. The fourth-order valence-electron chi connectivity index (χ4n) is 1.34. The van der Waals surface area contributed by atoms with Gasteiger partial charge >= 0.3 is 0 Å². The lowest BCUT2D eigenvalue weighted by Crippen LogP contribution is -2.01. The molecule has 0 aliphatic rings. The maximum absolute atomic E-state index is 9.17. The highest BCUT2D eigenvalue weighted by Crippen LogP contribution is 2.24. The monoisotopic (exact) mass is 356 g/mol. The third-order valence-electron chi connectivity index (χ3n) is 2.20. The van der Waals surface area contributed by atoms with E-state index in [9.17, 15) is 5.11 Å². The molecule has 0 aliphatic carbocycles. The van der Waals surface area contributed by atoms with Gasteiger partial charge in [0.05, 0.1) is 4.47 Å². The summed E-state index contributed by atoms with van der Waals surface area (Å²) in [6.45, 7) is 0.660. The standard InChI is InChI=1S/C12H10Br2N2O/c13-9-5-11(14)12(16-7-9)15-6-8-1-3-10(17)4-2-8/h1-5,7,17H,6H2,(H,15,16). The molecule has 5 heteroatoms. The number of phenolic OH excluding ortho intramolecular Hbond substituents is 1. The minimum absolute atomic E-state index is 0.275. The van der Waals surface area contributed by atoms with Gasteiger partial charge in [-0.05, 0) is 55.6 Å². The zero-order valence-electron chi connectivity index (χ0n) is 8.82. The number of aromatic hydroxyl groups is 1. The number of rotatable bonds is 3. The van der Waals surface area contributed by atoms with Crippen LogP contribution < -0.4 is 5.32 Å². The summed E-state index contributed by atoms with van der Waals surface area (Å²) >= 11 is 6.79. The van der Waals surface area contributed by atoms with Gasteiger partial charge in [-0.3, -0.25) is 0 Å². The molecular weight excluding hydrogens is 348 g/mol. The normalized spacial score (nSPS) is 10.2. The molecule has 0 saturated heterocycles. The second kappa shape index (κ2) is 5.51. The van der Waals surface area contributed by atoms with Crippen LogP contribution in [0.15, 0.2) is 45.5 Å². The Morgan fingerprint density at radius 3 is 2.53 bits per heavy atom. The van der Waals surface area contributed by atoms with E-state index in [1.807, 2.05) is 18.2 Å². The molecule has 0 radical (unpaired) electrons. The van der Waals surface area contributed by atoms with E-state index in [2.05, 4.69) is 42.2 Å². The van der Waals surface area contributed by atoms with Crippen molar-refractivity contribution >= 4 is 37.7 Å². The first-order valence-corrected chi connectivity index (χ1v) is 6.56. The van der Waals surface area contributed by atoms with Crippen LogP contribution in [-0.2, 0) is 6.54 Å². The highest BCUT2D eigenvalue weighted by molar-refractivity contribution is 9.11. The summed E-state index contributed by atoms with van der Waals surface area (Å²) in [4.78, 5) is 4.26. The van der Waals surface area contributed by atoms with Gasteiger partial charge in [0.1, 0.15) is 11.6 Å². The zero-order valence-corrected chi connectivity index (χ0v) is 12.0. The van der Waals surface area contributed by atoms with Gasteiger partial charge in [-0.2, -0.15) is 0 Å². The number of hydrogen-bond donors (Lipinski definition) is 2. The number of anilines is 1. The van der Waals surface area contributed by atoms with Crippen LogP contribution in [0.5, 0.6) is 5.75 Å². The van der Waals surface area contributed by atoms with E-state index in [4.69, 9.17) is 0 Å². The molecule has 2 N–H and O–H groups in total. The molecule has 17 heavy (non-hydrogen) atoms. The van der Waals surface area contributed by atoms with Crippen LogP contribution in [-0.4, -0.2) is 10.1 Å². The van der Waals surface area contributed by atoms with E-state index in [0.717, 1.165) is 20.3 Å². The summed E-state index contributed by atoms with van der Waals surface area (Å²) in [7, 11) is 0. The van der Waals surface area contributed by atoms with Crippen LogP contribution in [0.4, 0.5) is 5.82 Å². The Bertz CT molecular complexity index is 514. The lowest BCUT2D eigenvalue weighted by Gasteiger charge is -2.07. The fraction of sp³-hybridized carbons (Fsp3) is 0.0833. The molecule has 1 aromatic heterocycles. The number of pyridine rings is 1. The Kier molecular flexibility index (Phi) is 4.02. The average molecular weight is 358 g/mol. The van der Waals surface area contributed by atoms with Crippen molar-refractivity contribution in [2.45, 2.75) is 6.54 Å². The van der Waals surface area contributed by atoms with Crippen molar-refractivity contribution in [1.29, 1.82) is 0 Å². The van der Waals surface area contributed by atoms with Crippen LogP contribution in [0.3, 0.4) is 0 Å². The molecule has 0 bridgehead atoms. The number of nitrogens with zero attached hydrogens (tertiary/aromatic N) is 1. The summed E-state index contributed by atoms with van der Waals surface area (Å²) in [6.07, 6.45) is 1.74. The largest absolute Gasteiger partial charge is 0.508 e. The molecule has 2 rings (SSSR count). The molecule has 0 spiro atoms. The van der Waals surface area contributed by atoms with E-state index in [-0.39, 0.29) is 5.75 Å². The van der Waals surface area contributed by atoms with Gasteiger partial charge < -0.3 is 10.4 Å². The summed E-state index contributed by atoms with van der Waals surface area (Å²) < 4.78 is 1.84. The lowest BCUT2D eigenvalue weighted by atomic mass is 10.2. The SMILES string of the molecule is Oc1ccc(CNc2ncc(Br)cc2Br)cc1. The van der Waals surface area contributed by atoms with Gasteiger partial charge in [-0.1, -0.05) is 12.1 Å². The van der Waals surface area contributed by atoms with Crippen LogP contribution in [0.2, 0.25) is 0 Å². The van der Waals surface area contributed by atoms with Crippen LogP contribution in [0.1, 0.15) is 5.56 Å². The molecule has 0 saturated carbocycles. The van der Waals surface area contributed by atoms with Gasteiger partial charge in [0.15, 0.2) is 0 Å². The summed E-state index contributed by atoms with van der Waals surface area (Å²) in [5, 5.41) is 12.4. The van der Waals surface area contributed by atoms with Gasteiger partial charge in [0.2, 0.25) is 0 Å². The maximum atomic E-state index is 9.17. The third kappa shape index (κ3) is 3.44. The summed E-state index contributed by atoms with van der Waals surface area (Å²) in [6, 6.07) is 9.01. The zero-order chi connectivity index (χ0) is 12.3. The van der Waals surface area contributed by atoms with Crippen molar-refractivity contribution in [3.05, 3.63) is 51.0 Å². The Morgan fingerprint density at radius 2 is 1.88 bits per heavy atom. The van der Waals surface area contributed by atoms with E-state index >= 15 is 0 Å². The molecule has 3 nitrogen and oxygen atoms in total. The Labute approximate surface area is 116 Å². The van der Waals surface area contributed by atoms with Crippen molar-refractivity contribution in [3.63, 3.8) is 0 Å². The number of halogens is 2. The topological polar surface area (TPSA) is 45.1 Å². The minimum atomic E-state index is 0.275. The van der Waals surface area contributed by atoms with Crippen molar-refractivity contribution in [1.82, 2.24) is 4.98 Å². The second-order valence-electron chi connectivity index (χ2n) is 3.50. The third-order valence-corrected chi connectivity index (χ3v) is 3.24. The lowest BCUT2D eigenvalue weighted by molar-refractivity contribution is 0.475. The van der Waals surface area contributed by atoms with Crippen molar-refractivity contribution in [3.8, 4) is 5.75 Å². The molecule has 1 heterocycles. The maximum Gasteiger partial charge on any atom is 0.140 e. The quantitative estimate of drug-likeness (QED) is 0.874. The van der Waals surface area contributed by atoms with E-state index in [0.29, 0.717) is 6.54 Å². The van der Waals surface area contributed by atoms with Crippen LogP contribution in [0.25, 0.3) is 0 Å². The second-order valence-corrected chi connectivity index (χ2v) is 5.27. The van der Waals surface area contributed by atoms with Gasteiger partial charge in [-0.15, -0.1) is 0 Å². The molecule has 0 amide bonds. The molecular formula is C12H10Br2N2O.